The van der Waals surface area contributed by atoms with Crippen molar-refractivity contribution >= 4 is 27.9 Å². The quantitative estimate of drug-likeness (QED) is 0.175. The molecular formula is C37H42N8O3. The Labute approximate surface area is 278 Å². The molecular weight excluding hydrogens is 604 g/mol. The molecule has 0 aromatic carbocycles. The lowest BCUT2D eigenvalue weighted by molar-refractivity contribution is -0.132. The summed E-state index contributed by atoms with van der Waals surface area (Å²) in [6, 6.07) is 19.6. The van der Waals surface area contributed by atoms with Crippen molar-refractivity contribution in [2.45, 2.75) is 63.1 Å². The van der Waals surface area contributed by atoms with Crippen LogP contribution in [0.5, 0.6) is 0 Å². The molecule has 2 aliphatic rings. The fourth-order valence-corrected chi connectivity index (χ4v) is 7.59. The van der Waals surface area contributed by atoms with Crippen LogP contribution in [0.1, 0.15) is 25.7 Å². The Bertz CT molecular complexity index is 1800. The van der Waals surface area contributed by atoms with Crippen molar-refractivity contribution in [3.8, 4) is 22.8 Å². The zero-order chi connectivity index (χ0) is 32.6. The molecule has 8 heterocycles. The first-order valence-corrected chi connectivity index (χ1v) is 17.1. The molecule has 0 amide bonds. The second-order valence-electron chi connectivity index (χ2n) is 13.3. The van der Waals surface area contributed by atoms with Crippen LogP contribution in [0.25, 0.3) is 44.8 Å². The van der Waals surface area contributed by atoms with Gasteiger partial charge in [-0.05, 0) is 86.3 Å². The number of aliphatic hydroxyl groups is 2. The maximum Gasteiger partial charge on any atom is 0.170 e. The van der Waals surface area contributed by atoms with E-state index in [1.807, 2.05) is 48.8 Å². The molecule has 0 bridgehead atoms. The summed E-state index contributed by atoms with van der Waals surface area (Å²) >= 11 is 0. The van der Waals surface area contributed by atoms with Gasteiger partial charge >= 0.3 is 0 Å². The highest BCUT2D eigenvalue weighted by molar-refractivity contribution is 5.89. The lowest BCUT2D eigenvalue weighted by Gasteiger charge is -2.41. The van der Waals surface area contributed by atoms with Crippen molar-refractivity contribution in [3.05, 3.63) is 85.5 Å². The largest absolute Gasteiger partial charge is 0.393 e. The molecule has 11 nitrogen and oxygen atoms in total. The number of nitrogens with zero attached hydrogens (tertiary/aromatic N) is 6. The van der Waals surface area contributed by atoms with E-state index in [1.165, 1.54) is 0 Å². The number of H-pyrrole nitrogens is 2. The highest BCUT2D eigenvalue weighted by Crippen LogP contribution is 2.28. The summed E-state index contributed by atoms with van der Waals surface area (Å²) in [5.74, 6) is 0.165. The number of ketones is 1. The van der Waals surface area contributed by atoms with E-state index >= 15 is 4.79 Å². The maximum absolute atomic E-state index is 15.2. The number of aromatic amines is 2. The summed E-state index contributed by atoms with van der Waals surface area (Å²) in [6.45, 7) is 3.61. The smallest absolute Gasteiger partial charge is 0.170 e. The standard InChI is InChI=1S/C37H42N8O3/c46-27-9-17-42(18-10-27)33(23-44-15-3-7-31(44)29-21-25-5-1-13-38-36(25)40-29)35(48)34(43-19-11-28(47)12-20-43)24-45-16-4-8-32(45)30-22-26-6-2-14-39-37(26)41-30/h1-8,13-16,21-22,27-28,33-34,46-47H,9-12,17-20,23-24H2,(H,38,40)(H,39,41). The topological polar surface area (TPSA) is 131 Å². The van der Waals surface area contributed by atoms with Crippen molar-refractivity contribution in [3.63, 3.8) is 0 Å². The number of nitrogens with one attached hydrogen (secondary N) is 2. The molecule has 4 N–H and O–H groups in total. The number of piperidine rings is 2. The zero-order valence-corrected chi connectivity index (χ0v) is 26.9. The van der Waals surface area contributed by atoms with Crippen LogP contribution in [0, 0.1) is 0 Å². The average molecular weight is 647 g/mol. The Morgan fingerprint density at radius 1 is 0.688 bits per heavy atom. The fourth-order valence-electron chi connectivity index (χ4n) is 7.59. The first kappa shape index (κ1) is 30.8. The molecule has 2 unspecified atom stereocenters. The summed E-state index contributed by atoms with van der Waals surface area (Å²) in [5.41, 5.74) is 5.58. The summed E-state index contributed by atoms with van der Waals surface area (Å²) in [7, 11) is 0. The molecule has 11 heteroatoms. The minimum atomic E-state index is -0.403. The van der Waals surface area contributed by atoms with Gasteiger partial charge in [0.1, 0.15) is 11.3 Å². The van der Waals surface area contributed by atoms with E-state index in [2.05, 4.69) is 63.1 Å². The number of aromatic nitrogens is 6. The van der Waals surface area contributed by atoms with Crippen molar-refractivity contribution in [2.24, 2.45) is 0 Å². The molecule has 248 valence electrons. The number of fused-ring (bicyclic) bond motifs is 2. The number of hydrogen-bond acceptors (Lipinski definition) is 7. The molecule has 0 spiro atoms. The number of aliphatic hydroxyl groups excluding tert-OH is 2. The van der Waals surface area contributed by atoms with E-state index in [0.717, 1.165) is 44.8 Å². The van der Waals surface area contributed by atoms with Gasteiger partial charge in [-0.3, -0.25) is 14.6 Å². The molecule has 2 atom stereocenters. The van der Waals surface area contributed by atoms with Gasteiger partial charge in [0.25, 0.3) is 0 Å². The number of hydrogen-bond donors (Lipinski definition) is 4. The van der Waals surface area contributed by atoms with Crippen LogP contribution < -0.4 is 0 Å². The molecule has 0 saturated carbocycles. The van der Waals surface area contributed by atoms with Crippen molar-refractivity contribution < 1.29 is 15.0 Å². The Hall–Kier alpha value is -4.55. The Morgan fingerprint density at radius 2 is 1.12 bits per heavy atom. The van der Waals surface area contributed by atoms with Crippen LogP contribution in [0.2, 0.25) is 0 Å². The second kappa shape index (κ2) is 13.2. The highest BCUT2D eigenvalue weighted by Gasteiger charge is 2.38. The second-order valence-corrected chi connectivity index (χ2v) is 13.3. The van der Waals surface area contributed by atoms with E-state index in [0.29, 0.717) is 65.0 Å². The highest BCUT2D eigenvalue weighted by atomic mass is 16.3. The lowest BCUT2D eigenvalue weighted by atomic mass is 9.96. The van der Waals surface area contributed by atoms with Crippen LogP contribution in [0.3, 0.4) is 0 Å². The molecule has 48 heavy (non-hydrogen) atoms. The number of carbonyl (C=O) groups is 1. The first-order valence-electron chi connectivity index (χ1n) is 17.1. The van der Waals surface area contributed by atoms with Crippen LogP contribution >= 0.6 is 0 Å². The molecule has 6 aromatic rings. The van der Waals surface area contributed by atoms with Gasteiger partial charge in [0, 0.05) is 74.8 Å². The molecule has 0 aliphatic carbocycles. The molecule has 0 radical (unpaired) electrons. The summed E-state index contributed by atoms with van der Waals surface area (Å²) in [5, 5.41) is 22.9. The predicted octanol–water partition coefficient (Wildman–Crippen LogP) is 4.30. The summed E-state index contributed by atoms with van der Waals surface area (Å²) < 4.78 is 4.35. The summed E-state index contributed by atoms with van der Waals surface area (Å²) in [4.78, 5) is 35.6. The Morgan fingerprint density at radius 3 is 1.54 bits per heavy atom. The van der Waals surface area contributed by atoms with E-state index in [-0.39, 0.29) is 18.0 Å². The van der Waals surface area contributed by atoms with Crippen LogP contribution in [-0.2, 0) is 17.9 Å². The molecule has 8 rings (SSSR count). The van der Waals surface area contributed by atoms with Crippen molar-refractivity contribution in [1.82, 2.24) is 38.9 Å². The third kappa shape index (κ3) is 6.10. The number of pyridine rings is 2. The van der Waals surface area contributed by atoms with E-state index in [1.54, 1.807) is 12.4 Å². The first-order chi connectivity index (χ1) is 23.5. The third-order valence-corrected chi connectivity index (χ3v) is 10.3. The van der Waals surface area contributed by atoms with Gasteiger partial charge in [-0.1, -0.05) is 0 Å². The number of Topliss-reactive ketones (excluding diaryl/α,β-unsaturated/α-hetero) is 1. The average Bonchev–Trinajstić information content (AvgIpc) is 3.92. The van der Waals surface area contributed by atoms with Gasteiger partial charge in [0.2, 0.25) is 0 Å². The van der Waals surface area contributed by atoms with Gasteiger partial charge in [0.15, 0.2) is 5.78 Å². The Kier molecular flexibility index (Phi) is 8.43. The van der Waals surface area contributed by atoms with E-state index in [9.17, 15) is 10.2 Å². The normalized spacial score (nSPS) is 18.5. The Balaban J connectivity index is 1.14. The molecule has 6 aromatic heterocycles. The van der Waals surface area contributed by atoms with Crippen LogP contribution in [-0.4, -0.2) is 105 Å². The maximum atomic E-state index is 15.2. The van der Waals surface area contributed by atoms with Crippen molar-refractivity contribution in [2.75, 3.05) is 26.2 Å². The van der Waals surface area contributed by atoms with Crippen LogP contribution in [0.15, 0.2) is 85.5 Å². The number of likely N-dealkylation sites (tertiary alicyclic amines) is 2. The van der Waals surface area contributed by atoms with Gasteiger partial charge in [-0.25, -0.2) is 9.97 Å². The van der Waals surface area contributed by atoms with Crippen molar-refractivity contribution in [1.29, 1.82) is 0 Å². The SMILES string of the molecule is O=C(C(Cn1cccc1-c1cc2cccnc2[nH]1)N1CCC(O)CC1)C(Cn1cccc1-c1cc2cccnc2[nH]1)N1CCC(O)CC1. The fraction of sp³-hybridized carbons (Fsp3) is 0.378. The monoisotopic (exact) mass is 646 g/mol. The van der Waals surface area contributed by atoms with Gasteiger partial charge < -0.3 is 29.3 Å². The summed E-state index contributed by atoms with van der Waals surface area (Å²) in [6.07, 6.45) is 9.56. The van der Waals surface area contributed by atoms with E-state index in [4.69, 9.17) is 0 Å². The zero-order valence-electron chi connectivity index (χ0n) is 26.9. The third-order valence-electron chi connectivity index (χ3n) is 10.3. The predicted molar refractivity (Wildman–Crippen MR) is 185 cm³/mol. The van der Waals surface area contributed by atoms with E-state index < -0.39 is 12.1 Å². The van der Waals surface area contributed by atoms with Gasteiger partial charge in [-0.2, -0.15) is 0 Å². The number of rotatable bonds is 10. The molecule has 2 aliphatic heterocycles. The lowest BCUT2D eigenvalue weighted by Crippen LogP contribution is -2.57. The minimum absolute atomic E-state index is 0.165. The number of carbonyl (C=O) groups excluding carboxylic acids is 1. The van der Waals surface area contributed by atoms with Crippen LogP contribution in [0.4, 0.5) is 0 Å². The van der Waals surface area contributed by atoms with Gasteiger partial charge in [-0.15, -0.1) is 0 Å². The van der Waals surface area contributed by atoms with Gasteiger partial charge in [0.05, 0.1) is 47.1 Å². The molecule has 2 saturated heterocycles. The molecule has 2 fully saturated rings. The minimum Gasteiger partial charge on any atom is -0.393 e.